The van der Waals surface area contributed by atoms with Gasteiger partial charge in [0.1, 0.15) is 11.5 Å². The fourth-order valence-corrected chi connectivity index (χ4v) is 3.50. The second-order valence-electron chi connectivity index (χ2n) is 8.03. The largest absolute Gasteiger partial charge is 0.495 e. The third kappa shape index (κ3) is 11.4. The van der Waals surface area contributed by atoms with Crippen LogP contribution in [0.15, 0.2) is 36.7 Å². The molecule has 0 unspecified atom stereocenters. The minimum atomic E-state index is 0.332. The monoisotopic (exact) mass is 484 g/mol. The van der Waals surface area contributed by atoms with Crippen LogP contribution in [0.4, 0.5) is 0 Å². The Bertz CT molecular complexity index is 822. The van der Waals surface area contributed by atoms with Gasteiger partial charge in [0.15, 0.2) is 11.9 Å². The number of pyridine rings is 2. The Balaban J connectivity index is 1.41. The number of nitrogens with one attached hydrogen (secondary N) is 6. The van der Waals surface area contributed by atoms with E-state index in [9.17, 15) is 0 Å². The highest BCUT2D eigenvalue weighted by atomic mass is 16.5. The van der Waals surface area contributed by atoms with Crippen LogP contribution in [0.3, 0.4) is 0 Å². The Kier molecular flexibility index (Phi) is 13.4. The van der Waals surface area contributed by atoms with E-state index in [2.05, 4.69) is 31.2 Å². The normalized spacial score (nSPS) is 10.3. The number of unbranched alkanes of at least 4 members (excludes halogenated alkanes) is 2. The lowest BCUT2D eigenvalue weighted by Crippen LogP contribution is -2.40. The zero-order valence-electron chi connectivity index (χ0n) is 21.0. The van der Waals surface area contributed by atoms with Crippen LogP contribution in [0, 0.1) is 10.8 Å². The molecule has 0 atom stereocenters. The fraction of sp³-hybridized carbons (Fsp3) is 0.520. The van der Waals surface area contributed by atoms with Crippen LogP contribution in [0.25, 0.3) is 0 Å². The third-order valence-corrected chi connectivity index (χ3v) is 5.38. The molecule has 0 saturated carbocycles. The van der Waals surface area contributed by atoms with Gasteiger partial charge in [0.2, 0.25) is 0 Å². The van der Waals surface area contributed by atoms with Crippen molar-refractivity contribution in [2.45, 2.75) is 44.9 Å². The molecule has 2 heterocycles. The number of ether oxygens (including phenoxy) is 2. The first kappa shape index (κ1) is 27.7. The molecule has 0 saturated heterocycles. The molecule has 0 aliphatic rings. The van der Waals surface area contributed by atoms with Crippen LogP contribution in [0.2, 0.25) is 0 Å². The van der Waals surface area contributed by atoms with Gasteiger partial charge in [0.25, 0.3) is 0 Å². The van der Waals surface area contributed by atoms with Gasteiger partial charge >= 0.3 is 0 Å². The van der Waals surface area contributed by atoms with Gasteiger partial charge in [-0.05, 0) is 69.2 Å². The van der Waals surface area contributed by atoms with E-state index in [4.69, 9.17) is 20.3 Å². The molecule has 0 aliphatic heterocycles. The summed E-state index contributed by atoms with van der Waals surface area (Å²) in [5.74, 6) is 2.32. The van der Waals surface area contributed by atoms with Crippen molar-refractivity contribution in [3.63, 3.8) is 0 Å². The fourth-order valence-electron chi connectivity index (χ4n) is 3.50. The lowest BCUT2D eigenvalue weighted by molar-refractivity contribution is 0.406. The van der Waals surface area contributed by atoms with Crippen molar-refractivity contribution in [1.29, 1.82) is 10.8 Å². The average molecular weight is 485 g/mol. The standard InChI is InChI=1S/C25H40N8O2/c1-34-22-12-7-16-28-20(22)10-3-5-14-30-24(26)32-18-9-19-33-25(27)31-15-6-4-11-21-23(35-2)13-8-17-29-21/h7-8,12-13,16-17H,3-6,9-11,14-15,18-19H2,1-2H3,(H3,26,30,32)(H3,27,31,33). The molecule has 2 rings (SSSR count). The maximum Gasteiger partial charge on any atom is 0.188 e. The summed E-state index contributed by atoms with van der Waals surface area (Å²) < 4.78 is 10.6. The van der Waals surface area contributed by atoms with Gasteiger partial charge in [0, 0.05) is 38.6 Å². The van der Waals surface area contributed by atoms with Gasteiger partial charge in [-0.1, -0.05) is 0 Å². The topological polar surface area (TPSA) is 140 Å². The maximum atomic E-state index is 7.95. The number of aryl methyl sites for hydroxylation is 2. The van der Waals surface area contributed by atoms with Crippen LogP contribution in [-0.2, 0) is 12.8 Å². The van der Waals surface area contributed by atoms with E-state index in [-0.39, 0.29) is 0 Å². The van der Waals surface area contributed by atoms with E-state index in [0.29, 0.717) is 25.0 Å². The summed E-state index contributed by atoms with van der Waals surface area (Å²) in [6.07, 6.45) is 9.94. The van der Waals surface area contributed by atoms with Gasteiger partial charge in [-0.15, -0.1) is 0 Å². The number of methoxy groups -OCH3 is 2. The quantitative estimate of drug-likeness (QED) is 0.121. The number of hydrogen-bond donors (Lipinski definition) is 6. The van der Waals surface area contributed by atoms with E-state index in [0.717, 1.165) is 80.9 Å². The Hall–Kier alpha value is -3.56. The van der Waals surface area contributed by atoms with Gasteiger partial charge in [-0.2, -0.15) is 0 Å². The van der Waals surface area contributed by atoms with Crippen LogP contribution < -0.4 is 30.7 Å². The van der Waals surface area contributed by atoms with Crippen molar-refractivity contribution in [2.75, 3.05) is 40.4 Å². The summed E-state index contributed by atoms with van der Waals surface area (Å²) in [6, 6.07) is 7.59. The molecule has 192 valence electrons. The van der Waals surface area contributed by atoms with E-state index in [1.54, 1.807) is 26.6 Å². The minimum absolute atomic E-state index is 0.332. The Morgan fingerprint density at radius 3 is 1.46 bits per heavy atom. The Morgan fingerprint density at radius 1 is 0.657 bits per heavy atom. The maximum absolute atomic E-state index is 7.95. The molecule has 0 radical (unpaired) electrons. The second kappa shape index (κ2) is 17.0. The van der Waals surface area contributed by atoms with Crippen molar-refractivity contribution in [1.82, 2.24) is 31.2 Å². The third-order valence-electron chi connectivity index (χ3n) is 5.38. The van der Waals surface area contributed by atoms with Crippen molar-refractivity contribution >= 4 is 11.9 Å². The molecule has 6 N–H and O–H groups in total. The van der Waals surface area contributed by atoms with Crippen molar-refractivity contribution in [3.05, 3.63) is 48.0 Å². The lowest BCUT2D eigenvalue weighted by Gasteiger charge is -2.12. The molecule has 0 amide bonds. The Morgan fingerprint density at radius 2 is 1.06 bits per heavy atom. The highest BCUT2D eigenvalue weighted by Crippen LogP contribution is 2.17. The van der Waals surface area contributed by atoms with Gasteiger partial charge in [-0.3, -0.25) is 20.8 Å². The minimum Gasteiger partial charge on any atom is -0.495 e. The molecule has 10 nitrogen and oxygen atoms in total. The van der Waals surface area contributed by atoms with Crippen molar-refractivity contribution < 1.29 is 9.47 Å². The van der Waals surface area contributed by atoms with Crippen molar-refractivity contribution in [3.8, 4) is 11.5 Å². The zero-order valence-corrected chi connectivity index (χ0v) is 21.0. The van der Waals surface area contributed by atoms with E-state index in [1.165, 1.54) is 0 Å². The average Bonchev–Trinajstić information content (AvgIpc) is 2.88. The number of guanidine groups is 2. The highest BCUT2D eigenvalue weighted by molar-refractivity contribution is 5.76. The molecule has 0 fully saturated rings. The molecule has 10 heteroatoms. The summed E-state index contributed by atoms with van der Waals surface area (Å²) >= 11 is 0. The smallest absolute Gasteiger partial charge is 0.188 e. The molecule has 0 bridgehead atoms. The molecular formula is C25H40N8O2. The molecule has 35 heavy (non-hydrogen) atoms. The number of hydrogen-bond acceptors (Lipinski definition) is 6. The summed E-state index contributed by atoms with van der Waals surface area (Å²) in [7, 11) is 3.32. The first-order valence-corrected chi connectivity index (χ1v) is 12.2. The SMILES string of the molecule is COc1cccnc1CCCCNC(=N)NCCCNC(=N)NCCCCc1ncccc1OC. The zero-order chi connectivity index (χ0) is 25.1. The summed E-state index contributed by atoms with van der Waals surface area (Å²) in [5, 5.41) is 28.2. The first-order valence-electron chi connectivity index (χ1n) is 12.2. The molecule has 2 aromatic rings. The number of aromatic nitrogens is 2. The molecule has 0 aromatic carbocycles. The second-order valence-corrected chi connectivity index (χ2v) is 8.03. The molecule has 0 spiro atoms. The van der Waals surface area contributed by atoms with Gasteiger partial charge in [0.05, 0.1) is 25.6 Å². The van der Waals surface area contributed by atoms with Gasteiger partial charge < -0.3 is 30.7 Å². The molecular weight excluding hydrogens is 444 g/mol. The molecule has 2 aromatic heterocycles. The van der Waals surface area contributed by atoms with Crippen LogP contribution >= 0.6 is 0 Å². The summed E-state index contributed by atoms with van der Waals surface area (Å²) in [6.45, 7) is 2.81. The number of nitrogens with zero attached hydrogens (tertiary/aromatic N) is 2. The predicted octanol–water partition coefficient (Wildman–Crippen LogP) is 2.46. The first-order chi connectivity index (χ1) is 17.1. The summed E-state index contributed by atoms with van der Waals surface area (Å²) in [5.41, 5.74) is 1.95. The Labute approximate surface area is 208 Å². The van der Waals surface area contributed by atoms with Crippen LogP contribution in [0.5, 0.6) is 11.5 Å². The van der Waals surface area contributed by atoms with E-state index >= 15 is 0 Å². The van der Waals surface area contributed by atoms with E-state index in [1.807, 2.05) is 24.3 Å². The van der Waals surface area contributed by atoms with Crippen LogP contribution in [-0.4, -0.2) is 62.3 Å². The van der Waals surface area contributed by atoms with Crippen LogP contribution in [0.1, 0.15) is 43.5 Å². The predicted molar refractivity (Wildman–Crippen MR) is 140 cm³/mol. The lowest BCUT2D eigenvalue weighted by atomic mass is 10.1. The summed E-state index contributed by atoms with van der Waals surface area (Å²) in [4.78, 5) is 8.72. The highest BCUT2D eigenvalue weighted by Gasteiger charge is 2.04. The number of rotatable bonds is 16. The van der Waals surface area contributed by atoms with E-state index < -0.39 is 0 Å². The van der Waals surface area contributed by atoms with Gasteiger partial charge in [-0.25, -0.2) is 0 Å². The molecule has 0 aliphatic carbocycles. The van der Waals surface area contributed by atoms with Crippen molar-refractivity contribution in [2.24, 2.45) is 0 Å².